The minimum Gasteiger partial charge on any atom is -0.399 e. The molecule has 496 valence electrons. The van der Waals surface area contributed by atoms with Crippen molar-refractivity contribution < 1.29 is 9.31 Å². The van der Waals surface area contributed by atoms with Crippen molar-refractivity contribution in [2.75, 3.05) is 0 Å². The fourth-order valence-electron chi connectivity index (χ4n) is 13.1. The Bertz CT molecular complexity index is 6170. The van der Waals surface area contributed by atoms with Crippen LogP contribution in [0, 0.1) is 6.08 Å². The van der Waals surface area contributed by atoms with Crippen molar-refractivity contribution in [1.29, 1.82) is 0 Å². The molecule has 0 bridgehead atoms. The third-order valence-corrected chi connectivity index (χ3v) is 22.0. The van der Waals surface area contributed by atoms with Gasteiger partial charge in [-0.25, -0.2) is 39.9 Å². The standard InChI is InChI=1S/C42H26N4S.C33H29BN3O2.C15H8ClNS/c1-3-13-27(14-4-1)40-44-41(28-15-5-2-6-16-28)46-42(45-40)32-20-12-18-30(26-32)29-17-11-19-31(25-29)37-33-21-7-9-23-35(33)43-38-34-22-8-10-24-36(34)47-39(37)38;1-32(2)33(3,4)39-34(38-32)28-20-12-18-26(22-28)25-17-11-19-27(21-25)31-36-29(23-13-7-5-8-14-23)35-30(37-31)24-15-9-6-10-16-24;16-13-9-5-1-3-7-11(9)17-14-10-6-2-4-8-12(10)18-15(13)14/h1-26H;5,7-22H,1-4H3;1-8H/q;+1;. The van der Waals surface area contributed by atoms with Crippen LogP contribution in [-0.4, -0.2) is 58.2 Å². The van der Waals surface area contributed by atoms with Gasteiger partial charge in [0.2, 0.25) is 0 Å². The highest BCUT2D eigenvalue weighted by atomic mass is 35.5. The first kappa shape index (κ1) is 65.4. The van der Waals surface area contributed by atoms with Crippen LogP contribution < -0.4 is 5.46 Å². The Labute approximate surface area is 615 Å². The first-order valence-corrected chi connectivity index (χ1v) is 36.4. The predicted octanol–water partition coefficient (Wildman–Crippen LogP) is 22.9. The largest absolute Gasteiger partial charge is 0.494 e. The summed E-state index contributed by atoms with van der Waals surface area (Å²) in [5.41, 5.74) is 16.6. The zero-order valence-corrected chi connectivity index (χ0v) is 59.5. The summed E-state index contributed by atoms with van der Waals surface area (Å²) in [6, 6.07) is 97.4. The topological polar surface area (TPSA) is 122 Å². The van der Waals surface area contributed by atoms with E-state index in [1.54, 1.807) is 11.3 Å². The van der Waals surface area contributed by atoms with E-state index in [2.05, 4.69) is 173 Å². The van der Waals surface area contributed by atoms with Gasteiger partial charge >= 0.3 is 7.12 Å². The first-order valence-electron chi connectivity index (χ1n) is 34.4. The normalized spacial score (nSPS) is 13.6. The number of thiophene rings is 2. The molecule has 2 aliphatic rings. The van der Waals surface area contributed by atoms with E-state index in [4.69, 9.17) is 60.8 Å². The number of rotatable bonds is 10. The first-order chi connectivity index (χ1) is 50.9. The minimum atomic E-state index is -0.416. The van der Waals surface area contributed by atoms with E-state index in [9.17, 15) is 0 Å². The summed E-state index contributed by atoms with van der Waals surface area (Å²) in [6.07, 6.45) is 10.7. The molecule has 6 aromatic heterocycles. The van der Waals surface area contributed by atoms with Crippen LogP contribution >= 0.6 is 34.3 Å². The van der Waals surface area contributed by atoms with Crippen molar-refractivity contribution in [3.63, 3.8) is 0 Å². The number of hydrogen-bond donors (Lipinski definition) is 0. The molecule has 0 unspecified atom stereocenters. The van der Waals surface area contributed by atoms with Gasteiger partial charge in [0, 0.05) is 70.4 Å². The fraction of sp³-hybridized carbons (Fsp3) is 0.0667. The number of aromatic nitrogens is 8. The number of pyridine rings is 2. The van der Waals surface area contributed by atoms with Gasteiger partial charge in [0.15, 0.2) is 34.9 Å². The molecular weight excluding hydrogens is 1340 g/mol. The second-order valence-electron chi connectivity index (χ2n) is 26.5. The Hall–Kier alpha value is -11.9. The lowest BCUT2D eigenvalue weighted by Crippen LogP contribution is -2.41. The highest BCUT2D eigenvalue weighted by Crippen LogP contribution is 2.45. The Morgan fingerprint density at radius 2 is 0.721 bits per heavy atom. The molecule has 0 N–H and O–H groups in total. The SMILES string of the molecule is CC1(C)OB(c2cccc(-c3cccc(-c4nc(C5=CC=[C+]C=C5)nc(-c5ccccc5)n4)c3)c2)OC1(C)C.Clc1c2ccccc2nc2c1sc1ccccc12.c1ccc(-c2nc(-c3ccccc3)nc(-c3cccc(-c4cccc(-c5c6ccccc6nc6c5sc5ccccc56)c4)c3)n2)cc1. The van der Waals surface area contributed by atoms with E-state index in [1.165, 1.54) is 36.0 Å². The van der Waals surface area contributed by atoms with Crippen molar-refractivity contribution in [2.45, 2.75) is 38.9 Å². The molecule has 17 aromatic rings. The number of halogens is 1. The highest BCUT2D eigenvalue weighted by molar-refractivity contribution is 7.26. The number of para-hydroxylation sites is 2. The molecule has 0 atom stereocenters. The van der Waals surface area contributed by atoms with Gasteiger partial charge in [0.1, 0.15) is 17.7 Å². The summed E-state index contributed by atoms with van der Waals surface area (Å²) in [4.78, 5) is 39.2. The molecule has 0 spiro atoms. The molecule has 0 amide bonds. The van der Waals surface area contributed by atoms with Gasteiger partial charge in [-0.1, -0.05) is 254 Å². The maximum atomic E-state index is 6.52. The van der Waals surface area contributed by atoms with Crippen molar-refractivity contribution in [3.8, 4) is 90.3 Å². The summed E-state index contributed by atoms with van der Waals surface area (Å²) in [5.74, 6) is 3.83. The highest BCUT2D eigenvalue weighted by Gasteiger charge is 2.51. The molecular formula is C90H63BClN8O2S2+. The van der Waals surface area contributed by atoms with E-state index in [-0.39, 0.29) is 0 Å². The molecule has 1 aliphatic carbocycles. The van der Waals surface area contributed by atoms with Gasteiger partial charge < -0.3 is 9.31 Å². The zero-order chi connectivity index (χ0) is 70.3. The average Bonchev–Trinajstić information content (AvgIpc) is 1.55. The van der Waals surface area contributed by atoms with Gasteiger partial charge in [-0.2, -0.15) is 0 Å². The number of hydrogen-bond acceptors (Lipinski definition) is 12. The lowest BCUT2D eigenvalue weighted by atomic mass is 9.78. The quantitative estimate of drug-likeness (QED) is 0.0966. The number of benzene rings is 11. The number of nitrogens with zero attached hydrogens (tertiary/aromatic N) is 8. The average molecular weight is 1400 g/mol. The molecule has 7 heterocycles. The van der Waals surface area contributed by atoms with Gasteiger partial charge in [-0.15, -0.1) is 22.7 Å². The van der Waals surface area contributed by atoms with Crippen molar-refractivity contribution in [2.24, 2.45) is 0 Å². The summed E-state index contributed by atoms with van der Waals surface area (Å²) < 4.78 is 17.4. The monoisotopic (exact) mass is 1400 g/mol. The van der Waals surface area contributed by atoms with E-state index in [0.29, 0.717) is 34.9 Å². The van der Waals surface area contributed by atoms with Crippen LogP contribution in [0.3, 0.4) is 0 Å². The van der Waals surface area contributed by atoms with E-state index < -0.39 is 18.3 Å². The van der Waals surface area contributed by atoms with Gasteiger partial charge in [0.05, 0.1) is 59.8 Å². The molecule has 11 aromatic carbocycles. The van der Waals surface area contributed by atoms with Crippen molar-refractivity contribution in [3.05, 3.63) is 326 Å². The van der Waals surface area contributed by atoms with Crippen LogP contribution in [0.25, 0.3) is 158 Å². The summed E-state index contributed by atoms with van der Waals surface area (Å²) in [5, 5.41) is 5.38. The van der Waals surface area contributed by atoms with Crippen LogP contribution in [0.5, 0.6) is 0 Å². The second kappa shape index (κ2) is 27.8. The third-order valence-electron chi connectivity index (χ3n) is 19.2. The Kier molecular flexibility index (Phi) is 17.5. The second-order valence-corrected chi connectivity index (χ2v) is 28.9. The maximum Gasteiger partial charge on any atom is 0.494 e. The lowest BCUT2D eigenvalue weighted by molar-refractivity contribution is 0.00578. The van der Waals surface area contributed by atoms with Crippen LogP contribution in [0.1, 0.15) is 33.5 Å². The van der Waals surface area contributed by atoms with Crippen LogP contribution in [-0.2, 0) is 9.31 Å². The maximum absolute atomic E-state index is 6.52. The molecule has 104 heavy (non-hydrogen) atoms. The van der Waals surface area contributed by atoms with Crippen molar-refractivity contribution >= 4 is 115 Å². The molecule has 19 rings (SSSR count). The van der Waals surface area contributed by atoms with Gasteiger partial charge in [-0.05, 0) is 103 Å². The van der Waals surface area contributed by atoms with Crippen LogP contribution in [0.2, 0.25) is 5.02 Å². The third kappa shape index (κ3) is 12.9. The zero-order valence-electron chi connectivity index (χ0n) is 57.1. The Balaban J connectivity index is 0.000000126. The molecule has 10 nitrogen and oxygen atoms in total. The Morgan fingerprint density at radius 3 is 1.23 bits per heavy atom. The van der Waals surface area contributed by atoms with Crippen LogP contribution in [0.15, 0.2) is 309 Å². The Morgan fingerprint density at radius 1 is 0.346 bits per heavy atom. The summed E-state index contributed by atoms with van der Waals surface area (Å²) in [6.45, 7) is 8.28. The van der Waals surface area contributed by atoms with E-state index in [1.807, 2.05) is 181 Å². The number of allylic oxidation sites excluding steroid dienone is 6. The molecule has 0 radical (unpaired) electrons. The van der Waals surface area contributed by atoms with Gasteiger partial charge in [-0.3, -0.25) is 0 Å². The number of fused-ring (bicyclic) bond motifs is 8. The predicted molar refractivity (Wildman–Crippen MR) is 432 cm³/mol. The molecule has 1 aliphatic heterocycles. The minimum absolute atomic E-state index is 0.392. The smallest absolute Gasteiger partial charge is 0.399 e. The van der Waals surface area contributed by atoms with Gasteiger partial charge in [0.25, 0.3) is 0 Å². The molecule has 14 heteroatoms. The summed E-state index contributed by atoms with van der Waals surface area (Å²) >= 11 is 10.0. The summed E-state index contributed by atoms with van der Waals surface area (Å²) in [7, 11) is -0.416. The van der Waals surface area contributed by atoms with Crippen molar-refractivity contribution in [1.82, 2.24) is 39.9 Å². The molecule has 1 fully saturated rings. The molecule has 0 saturated carbocycles. The van der Waals surface area contributed by atoms with Crippen LogP contribution in [0.4, 0.5) is 0 Å². The molecule has 1 saturated heterocycles. The lowest BCUT2D eigenvalue weighted by Gasteiger charge is -2.32. The van der Waals surface area contributed by atoms with E-state index >= 15 is 0 Å². The van der Waals surface area contributed by atoms with E-state index in [0.717, 1.165) is 104 Å². The fourth-order valence-corrected chi connectivity index (χ4v) is 15.8.